The second-order valence-electron chi connectivity index (χ2n) is 9.69. The first-order chi connectivity index (χ1) is 15.3. The second-order valence-corrected chi connectivity index (χ2v) is 11.6. The van der Waals surface area contributed by atoms with Gasteiger partial charge in [-0.3, -0.25) is 15.0 Å². The van der Waals surface area contributed by atoms with Gasteiger partial charge in [-0.25, -0.2) is 8.42 Å². The smallest absolute Gasteiger partial charge is 0.293 e. The lowest BCUT2D eigenvalue weighted by Gasteiger charge is -2.42. The van der Waals surface area contributed by atoms with Crippen LogP contribution in [0, 0.1) is 10.1 Å². The molecule has 0 amide bonds. The lowest BCUT2D eigenvalue weighted by atomic mass is 10.0. The fraction of sp³-hybridized carbons (Fsp3) is 0.739. The predicted molar refractivity (Wildman–Crippen MR) is 126 cm³/mol. The molecular weight excluding hydrogens is 428 g/mol. The van der Waals surface area contributed by atoms with Gasteiger partial charge in [0.1, 0.15) is 5.69 Å². The summed E-state index contributed by atoms with van der Waals surface area (Å²) in [5.41, 5.74) is 0.429. The molecule has 1 aromatic carbocycles. The summed E-state index contributed by atoms with van der Waals surface area (Å²) in [7, 11) is -3.73. The Balaban J connectivity index is 1.60. The van der Waals surface area contributed by atoms with E-state index in [2.05, 4.69) is 23.6 Å². The van der Waals surface area contributed by atoms with E-state index in [9.17, 15) is 18.5 Å². The third-order valence-corrected chi connectivity index (χ3v) is 9.42. The summed E-state index contributed by atoms with van der Waals surface area (Å²) in [6, 6.07) is 5.93. The van der Waals surface area contributed by atoms with Gasteiger partial charge in [0, 0.05) is 50.4 Å². The molecule has 0 aliphatic carbocycles. The van der Waals surface area contributed by atoms with Gasteiger partial charge in [-0.05, 0) is 64.5 Å². The molecular formula is C23H36N4O4S. The molecule has 1 aromatic rings. The molecule has 3 saturated heterocycles. The van der Waals surface area contributed by atoms with Crippen molar-refractivity contribution >= 4 is 21.4 Å². The molecule has 3 heterocycles. The monoisotopic (exact) mass is 464 g/mol. The van der Waals surface area contributed by atoms with Crippen LogP contribution < -0.4 is 4.90 Å². The van der Waals surface area contributed by atoms with E-state index in [-0.39, 0.29) is 10.6 Å². The average molecular weight is 465 g/mol. The number of hydrogen-bond acceptors (Lipinski definition) is 6. The standard InChI is InChI=1S/C23H36N4O4S/c1-18-9-10-19(2)26(18)20-8-7-13-24(17-20)22-12-11-21(16-23(22)27(28)29)32(30,31)25-14-5-3-4-6-15-25/h11-12,16,18-20H,3-10,13-15,17H2,1-2H3/t18-,19-,20-/m1/s1. The number of hydrogen-bond donors (Lipinski definition) is 0. The largest absolute Gasteiger partial charge is 0.364 e. The zero-order valence-corrected chi connectivity index (χ0v) is 20.1. The quantitative estimate of drug-likeness (QED) is 0.483. The van der Waals surface area contributed by atoms with Crippen molar-refractivity contribution in [2.75, 3.05) is 31.1 Å². The minimum atomic E-state index is -3.73. The fourth-order valence-corrected chi connectivity index (χ4v) is 7.40. The molecule has 0 spiro atoms. The highest BCUT2D eigenvalue weighted by atomic mass is 32.2. The molecule has 3 atom stereocenters. The van der Waals surface area contributed by atoms with Gasteiger partial charge in [0.05, 0.1) is 9.82 Å². The molecule has 0 saturated carbocycles. The highest BCUT2D eigenvalue weighted by molar-refractivity contribution is 7.89. The van der Waals surface area contributed by atoms with Crippen LogP contribution in [0.3, 0.4) is 0 Å². The zero-order valence-electron chi connectivity index (χ0n) is 19.3. The summed E-state index contributed by atoms with van der Waals surface area (Å²) in [4.78, 5) is 16.2. The van der Waals surface area contributed by atoms with Gasteiger partial charge in [-0.15, -0.1) is 0 Å². The maximum atomic E-state index is 13.2. The van der Waals surface area contributed by atoms with Crippen LogP contribution in [0.15, 0.2) is 23.1 Å². The molecule has 0 N–H and O–H groups in total. The highest BCUT2D eigenvalue weighted by Crippen LogP contribution is 2.36. The summed E-state index contributed by atoms with van der Waals surface area (Å²) >= 11 is 0. The Bertz CT molecular complexity index is 920. The predicted octanol–water partition coefficient (Wildman–Crippen LogP) is 4.00. The number of nitro groups is 1. The van der Waals surface area contributed by atoms with Gasteiger partial charge in [-0.2, -0.15) is 4.31 Å². The maximum absolute atomic E-state index is 13.2. The Labute approximate surface area is 191 Å². The lowest BCUT2D eigenvalue weighted by Crippen LogP contribution is -2.51. The number of anilines is 1. The molecule has 0 unspecified atom stereocenters. The zero-order chi connectivity index (χ0) is 22.9. The third-order valence-electron chi connectivity index (χ3n) is 7.53. The first-order valence-electron chi connectivity index (χ1n) is 12.1. The van der Waals surface area contributed by atoms with Gasteiger partial charge in [0.25, 0.3) is 5.69 Å². The highest BCUT2D eigenvalue weighted by Gasteiger charge is 2.37. The van der Waals surface area contributed by atoms with Crippen molar-refractivity contribution in [1.82, 2.24) is 9.21 Å². The molecule has 0 bridgehead atoms. The van der Waals surface area contributed by atoms with Crippen molar-refractivity contribution in [2.45, 2.75) is 88.2 Å². The lowest BCUT2D eigenvalue weighted by molar-refractivity contribution is -0.384. The fourth-order valence-electron chi connectivity index (χ4n) is 5.86. The van der Waals surface area contributed by atoms with Gasteiger partial charge >= 0.3 is 0 Å². The van der Waals surface area contributed by atoms with Crippen molar-refractivity contribution in [1.29, 1.82) is 0 Å². The minimum absolute atomic E-state index is 0.0326. The third kappa shape index (κ3) is 4.65. The van der Waals surface area contributed by atoms with E-state index in [1.165, 1.54) is 23.2 Å². The van der Waals surface area contributed by atoms with Crippen LogP contribution in [0.2, 0.25) is 0 Å². The molecule has 9 heteroatoms. The summed E-state index contributed by atoms with van der Waals surface area (Å²) in [6.07, 6.45) is 8.18. The molecule has 0 radical (unpaired) electrons. The summed E-state index contributed by atoms with van der Waals surface area (Å²) < 4.78 is 27.9. The van der Waals surface area contributed by atoms with Crippen LogP contribution in [0.1, 0.15) is 65.2 Å². The minimum Gasteiger partial charge on any atom is -0.364 e. The van der Waals surface area contributed by atoms with Crippen LogP contribution in [0.4, 0.5) is 11.4 Å². The molecule has 32 heavy (non-hydrogen) atoms. The molecule has 8 nitrogen and oxygen atoms in total. The molecule has 4 rings (SSSR count). The van der Waals surface area contributed by atoms with Crippen molar-refractivity contribution in [3.8, 4) is 0 Å². The topological polar surface area (TPSA) is 87.0 Å². The number of sulfonamides is 1. The van der Waals surface area contributed by atoms with Crippen molar-refractivity contribution < 1.29 is 13.3 Å². The van der Waals surface area contributed by atoms with Crippen LogP contribution >= 0.6 is 0 Å². The summed E-state index contributed by atoms with van der Waals surface area (Å²) in [5.74, 6) is 0. The number of likely N-dealkylation sites (tertiary alicyclic amines) is 1. The molecule has 3 aliphatic heterocycles. The van der Waals surface area contributed by atoms with Crippen LogP contribution in [-0.2, 0) is 10.0 Å². The molecule has 0 aromatic heterocycles. The normalized spacial score (nSPS) is 28.6. The van der Waals surface area contributed by atoms with Crippen molar-refractivity contribution in [3.63, 3.8) is 0 Å². The number of piperidine rings is 1. The summed E-state index contributed by atoms with van der Waals surface area (Å²) in [6.45, 7) is 7.01. The second kappa shape index (κ2) is 9.65. The Hall–Kier alpha value is -1.71. The SMILES string of the molecule is C[C@@H]1CC[C@@H](C)N1[C@@H]1CCCN(c2ccc(S(=O)(=O)N3CCCCCC3)cc2[N+](=O)[O-])C1. The average Bonchev–Trinajstić information content (AvgIpc) is 2.97. The van der Waals surface area contributed by atoms with Crippen LogP contribution in [0.5, 0.6) is 0 Å². The van der Waals surface area contributed by atoms with E-state index in [4.69, 9.17) is 0 Å². The number of rotatable bonds is 5. The first kappa shape index (κ1) is 23.4. The van der Waals surface area contributed by atoms with Gasteiger partial charge in [0.15, 0.2) is 0 Å². The molecule has 3 aliphatic rings. The van der Waals surface area contributed by atoms with E-state index in [0.29, 0.717) is 36.9 Å². The van der Waals surface area contributed by atoms with Gasteiger partial charge in [0.2, 0.25) is 10.0 Å². The first-order valence-corrected chi connectivity index (χ1v) is 13.5. The molecule has 178 valence electrons. The summed E-state index contributed by atoms with van der Waals surface area (Å²) in [5, 5.41) is 12.0. The number of nitrogens with zero attached hydrogens (tertiary/aromatic N) is 4. The number of nitro benzene ring substituents is 1. The Morgan fingerprint density at radius 3 is 2.22 bits per heavy atom. The van der Waals surface area contributed by atoms with Crippen LogP contribution in [0.25, 0.3) is 0 Å². The molecule has 3 fully saturated rings. The van der Waals surface area contributed by atoms with E-state index in [1.54, 1.807) is 12.1 Å². The van der Waals surface area contributed by atoms with Gasteiger partial charge < -0.3 is 4.90 Å². The Kier molecular flexibility index (Phi) is 7.07. The van der Waals surface area contributed by atoms with Crippen LogP contribution in [-0.4, -0.2) is 66.9 Å². The Morgan fingerprint density at radius 1 is 0.938 bits per heavy atom. The van der Waals surface area contributed by atoms with E-state index in [0.717, 1.165) is 51.6 Å². The number of benzene rings is 1. The van der Waals surface area contributed by atoms with Gasteiger partial charge in [-0.1, -0.05) is 12.8 Å². The maximum Gasteiger partial charge on any atom is 0.293 e. The van der Waals surface area contributed by atoms with Crippen molar-refractivity contribution in [2.24, 2.45) is 0 Å². The van der Waals surface area contributed by atoms with E-state index in [1.807, 2.05) is 0 Å². The van der Waals surface area contributed by atoms with Crippen molar-refractivity contribution in [3.05, 3.63) is 28.3 Å². The van der Waals surface area contributed by atoms with E-state index >= 15 is 0 Å². The van der Waals surface area contributed by atoms with E-state index < -0.39 is 14.9 Å². The Morgan fingerprint density at radius 2 is 1.59 bits per heavy atom.